The van der Waals surface area contributed by atoms with Gasteiger partial charge < -0.3 is 10.1 Å². The Hall–Kier alpha value is -3.77. The number of carbonyl (C=O) groups is 1. The zero-order chi connectivity index (χ0) is 24.6. The van der Waals surface area contributed by atoms with E-state index in [0.29, 0.717) is 16.7 Å². The number of benzene rings is 3. The largest absolute Gasteiger partial charge is 0.491 e. The Morgan fingerprint density at radius 1 is 1.00 bits per heavy atom. The van der Waals surface area contributed by atoms with Crippen molar-refractivity contribution >= 4 is 51.6 Å². The number of aromatic nitrogens is 3. The van der Waals surface area contributed by atoms with Crippen LogP contribution in [0.25, 0.3) is 16.7 Å². The summed E-state index contributed by atoms with van der Waals surface area (Å²) in [6, 6.07) is 12.0. The highest BCUT2D eigenvalue weighted by Gasteiger charge is 2.30. The van der Waals surface area contributed by atoms with E-state index in [2.05, 4.69) is 20.3 Å². The summed E-state index contributed by atoms with van der Waals surface area (Å²) in [7, 11) is 0.818. The Balaban J connectivity index is 1.57. The molecule has 0 saturated heterocycles. The summed E-state index contributed by atoms with van der Waals surface area (Å²) in [5.41, 5.74) is 0.263. The number of amides is 1. The van der Waals surface area contributed by atoms with Crippen LogP contribution in [0.2, 0.25) is 5.02 Å². The molecule has 0 aliphatic carbocycles. The first-order chi connectivity index (χ1) is 16.2. The quantitative estimate of drug-likeness (QED) is 0.234. The molecular weight excluding hydrogens is 498 g/mol. The number of nitrogens with zero attached hydrogens (tertiary/aromatic N) is 3. The van der Waals surface area contributed by atoms with Crippen LogP contribution in [0, 0.1) is 23.3 Å². The highest BCUT2D eigenvalue weighted by Crippen LogP contribution is 2.30. The molecule has 2 N–H and O–H groups in total. The van der Waals surface area contributed by atoms with E-state index >= 15 is 0 Å². The summed E-state index contributed by atoms with van der Waals surface area (Å²) in [5, 5.41) is 12.9. The van der Waals surface area contributed by atoms with E-state index in [-0.39, 0.29) is 10.7 Å². The lowest BCUT2D eigenvalue weighted by Gasteiger charge is -2.13. The summed E-state index contributed by atoms with van der Waals surface area (Å²) in [6.45, 7) is 0. The highest BCUT2D eigenvalue weighted by atomic mass is 35.5. The van der Waals surface area contributed by atoms with Crippen LogP contribution in [0.15, 0.2) is 42.5 Å². The summed E-state index contributed by atoms with van der Waals surface area (Å²) < 4.78 is 60.4. The Labute approximate surface area is 199 Å². The van der Waals surface area contributed by atoms with Gasteiger partial charge in [0.05, 0.1) is 23.5 Å². The van der Waals surface area contributed by atoms with Crippen LogP contribution < -0.4 is 15.4 Å². The lowest BCUT2D eigenvalue weighted by Crippen LogP contribution is -2.35. The fraction of sp³-hybridized carbons (Fsp3) is 0.0476. The van der Waals surface area contributed by atoms with Gasteiger partial charge in [-0.2, -0.15) is 13.6 Å². The van der Waals surface area contributed by atoms with Crippen LogP contribution in [0.4, 0.5) is 23.2 Å². The molecule has 0 unspecified atom stereocenters. The number of carbonyl (C=O) groups excluding carboxylic acids is 1. The van der Waals surface area contributed by atoms with Crippen molar-refractivity contribution in [3.05, 3.63) is 76.3 Å². The maximum absolute atomic E-state index is 14.2. The van der Waals surface area contributed by atoms with Crippen LogP contribution in [-0.2, 0) is 0 Å². The molecule has 1 heterocycles. The number of anilines is 1. The average molecular weight is 510 g/mol. The number of fused-ring (bicyclic) bond motifs is 1. The standard InChI is InChI=1S/C21H12ClF4N5O2S/c1-33-19-17(25)15(23)14(16(24)18(19)26)20(32)28-21(34)27-11-8-13-12(7-10(11)22)29-31(30-13)9-5-3-2-4-6-9/h2-8H,1H3,(H2,27,28,32,34). The molecule has 34 heavy (non-hydrogen) atoms. The van der Waals surface area contributed by atoms with Crippen LogP contribution in [0.5, 0.6) is 5.75 Å². The molecule has 7 nitrogen and oxygen atoms in total. The van der Waals surface area contributed by atoms with E-state index in [1.165, 1.54) is 16.9 Å². The first kappa shape index (κ1) is 23.4. The fourth-order valence-electron chi connectivity index (χ4n) is 3.02. The van der Waals surface area contributed by atoms with Crippen LogP contribution in [0.1, 0.15) is 10.4 Å². The van der Waals surface area contributed by atoms with Gasteiger partial charge in [-0.05, 0) is 36.5 Å². The minimum Gasteiger partial charge on any atom is -0.491 e. The summed E-state index contributed by atoms with van der Waals surface area (Å²) in [6.07, 6.45) is 0. The van der Waals surface area contributed by atoms with Crippen molar-refractivity contribution in [2.75, 3.05) is 12.4 Å². The van der Waals surface area contributed by atoms with Gasteiger partial charge in [-0.15, -0.1) is 10.2 Å². The number of thiocarbonyl (C=S) groups is 1. The van der Waals surface area contributed by atoms with Crippen LogP contribution >= 0.6 is 23.8 Å². The normalized spacial score (nSPS) is 10.9. The maximum atomic E-state index is 14.2. The molecule has 4 rings (SSSR count). The van der Waals surface area contributed by atoms with Gasteiger partial charge in [-0.3, -0.25) is 10.1 Å². The topological polar surface area (TPSA) is 81.1 Å². The molecule has 13 heteroatoms. The molecule has 1 aromatic heterocycles. The van der Waals surface area contributed by atoms with Gasteiger partial charge in [0.2, 0.25) is 11.6 Å². The third kappa shape index (κ3) is 4.24. The summed E-state index contributed by atoms with van der Waals surface area (Å²) in [4.78, 5) is 13.7. The number of hydrogen-bond acceptors (Lipinski definition) is 5. The molecule has 0 aliphatic rings. The highest BCUT2D eigenvalue weighted by molar-refractivity contribution is 7.80. The van der Waals surface area contributed by atoms with Crippen molar-refractivity contribution in [2.24, 2.45) is 0 Å². The van der Waals surface area contributed by atoms with Crippen molar-refractivity contribution in [3.8, 4) is 11.4 Å². The van der Waals surface area contributed by atoms with Crippen LogP contribution in [-0.4, -0.2) is 33.1 Å². The van der Waals surface area contributed by atoms with Gasteiger partial charge in [0.25, 0.3) is 5.91 Å². The van der Waals surface area contributed by atoms with Gasteiger partial charge in [0.15, 0.2) is 22.5 Å². The molecule has 0 atom stereocenters. The molecule has 0 fully saturated rings. The smallest absolute Gasteiger partial charge is 0.263 e. The first-order valence-corrected chi connectivity index (χ1v) is 10.1. The Morgan fingerprint density at radius 3 is 2.18 bits per heavy atom. The Kier molecular flexibility index (Phi) is 6.35. The second kappa shape index (κ2) is 9.23. The molecule has 4 aromatic rings. The van der Waals surface area contributed by atoms with Crippen molar-refractivity contribution in [3.63, 3.8) is 0 Å². The molecule has 0 radical (unpaired) electrons. The summed E-state index contributed by atoms with van der Waals surface area (Å²) >= 11 is 11.2. The lowest BCUT2D eigenvalue weighted by molar-refractivity contribution is 0.0966. The van der Waals surface area contributed by atoms with Gasteiger partial charge in [-0.1, -0.05) is 29.8 Å². The van der Waals surface area contributed by atoms with Crippen molar-refractivity contribution in [2.45, 2.75) is 0 Å². The number of ether oxygens (including phenoxy) is 1. The van der Waals surface area contributed by atoms with E-state index in [1.807, 2.05) is 23.5 Å². The molecule has 174 valence electrons. The fourth-order valence-corrected chi connectivity index (χ4v) is 3.43. The minimum absolute atomic E-state index is 0.142. The van der Waals surface area contributed by atoms with E-state index in [0.717, 1.165) is 7.11 Å². The zero-order valence-electron chi connectivity index (χ0n) is 17.0. The number of methoxy groups -OCH3 is 1. The average Bonchev–Trinajstić information content (AvgIpc) is 3.22. The number of halogens is 5. The van der Waals surface area contributed by atoms with E-state index in [4.69, 9.17) is 23.8 Å². The van der Waals surface area contributed by atoms with Crippen molar-refractivity contribution < 1.29 is 27.1 Å². The van der Waals surface area contributed by atoms with Gasteiger partial charge in [0, 0.05) is 0 Å². The number of para-hydroxylation sites is 1. The van der Waals surface area contributed by atoms with E-state index in [1.54, 1.807) is 12.1 Å². The molecule has 0 aliphatic heterocycles. The number of nitrogens with one attached hydrogen (secondary N) is 2. The molecule has 0 saturated carbocycles. The van der Waals surface area contributed by atoms with E-state index < -0.39 is 45.6 Å². The first-order valence-electron chi connectivity index (χ1n) is 9.35. The van der Waals surface area contributed by atoms with E-state index in [9.17, 15) is 22.4 Å². The predicted molar refractivity (Wildman–Crippen MR) is 120 cm³/mol. The third-order valence-corrected chi connectivity index (χ3v) is 5.10. The molecule has 0 bridgehead atoms. The number of hydrogen-bond donors (Lipinski definition) is 2. The predicted octanol–water partition coefficient (Wildman–Crippen LogP) is 4.77. The number of rotatable bonds is 4. The zero-order valence-corrected chi connectivity index (χ0v) is 18.6. The van der Waals surface area contributed by atoms with Crippen LogP contribution in [0.3, 0.4) is 0 Å². The third-order valence-electron chi connectivity index (χ3n) is 4.59. The molecular formula is C21H12ClF4N5O2S. The Bertz CT molecular complexity index is 1420. The van der Waals surface area contributed by atoms with Gasteiger partial charge in [-0.25, -0.2) is 8.78 Å². The monoisotopic (exact) mass is 509 g/mol. The van der Waals surface area contributed by atoms with Crippen molar-refractivity contribution in [1.29, 1.82) is 0 Å². The Morgan fingerprint density at radius 2 is 1.59 bits per heavy atom. The minimum atomic E-state index is -1.94. The second-order valence-electron chi connectivity index (χ2n) is 6.72. The van der Waals surface area contributed by atoms with Gasteiger partial charge in [0.1, 0.15) is 16.6 Å². The SMILES string of the molecule is COc1c(F)c(F)c(C(=O)NC(=S)Nc2cc3nn(-c4ccccc4)nc3cc2Cl)c(F)c1F. The summed E-state index contributed by atoms with van der Waals surface area (Å²) in [5.74, 6) is -10.4. The molecule has 0 spiro atoms. The van der Waals surface area contributed by atoms with Crippen molar-refractivity contribution in [1.82, 2.24) is 20.3 Å². The van der Waals surface area contributed by atoms with Gasteiger partial charge >= 0.3 is 0 Å². The lowest BCUT2D eigenvalue weighted by atomic mass is 10.1. The second-order valence-corrected chi connectivity index (χ2v) is 7.53. The molecule has 1 amide bonds. The maximum Gasteiger partial charge on any atom is 0.263 e. The molecule has 3 aromatic carbocycles.